The Balaban J connectivity index is 1.12. The van der Waals surface area contributed by atoms with E-state index in [1.54, 1.807) is 0 Å². The Morgan fingerprint density at radius 2 is 1.04 bits per heavy atom. The van der Waals surface area contributed by atoms with E-state index in [1.165, 1.54) is 49.0 Å². The van der Waals surface area contributed by atoms with Crippen molar-refractivity contribution in [1.29, 1.82) is 0 Å². The highest BCUT2D eigenvalue weighted by Crippen LogP contribution is 2.47. The van der Waals surface area contributed by atoms with Gasteiger partial charge in [0.05, 0.1) is 23.3 Å². The van der Waals surface area contributed by atoms with Crippen molar-refractivity contribution in [2.45, 2.75) is 0 Å². The third-order valence-electron chi connectivity index (χ3n) is 11.0. The van der Waals surface area contributed by atoms with Crippen LogP contribution in [0.4, 0.5) is 5.69 Å². The predicted molar refractivity (Wildman–Crippen MR) is 222 cm³/mol. The van der Waals surface area contributed by atoms with Gasteiger partial charge in [0.25, 0.3) is 0 Å². The van der Waals surface area contributed by atoms with Gasteiger partial charge in [-0.2, -0.15) is 0 Å². The second kappa shape index (κ2) is 11.4. The minimum Gasteiger partial charge on any atom is -0.309 e. The zero-order valence-electron chi connectivity index (χ0n) is 28.6. The lowest BCUT2D eigenvalue weighted by Gasteiger charge is -2.19. The summed E-state index contributed by atoms with van der Waals surface area (Å²) in [7, 11) is 0. The van der Waals surface area contributed by atoms with E-state index >= 15 is 0 Å². The highest BCUT2D eigenvalue weighted by atomic mass is 15.0. The summed E-state index contributed by atoms with van der Waals surface area (Å²) in [6.07, 6.45) is 2.04. The Labute approximate surface area is 305 Å². The molecule has 0 aliphatic carbocycles. The van der Waals surface area contributed by atoms with Gasteiger partial charge in [0, 0.05) is 33.8 Å². The molecule has 11 rings (SSSR count). The minimum atomic E-state index is 0.672. The SMILES string of the molecule is [C-]#[N+]c1ccc2c3c1ccc1c(-c4ccc(-c5c6ccccc6c(-c6cccc7ccccc67)c6ccccc56)cn4)ccc(c13)n2-c1ccccc1. The zero-order chi connectivity index (χ0) is 35.0. The maximum absolute atomic E-state index is 7.89. The number of pyridine rings is 1. The van der Waals surface area contributed by atoms with Gasteiger partial charge in [-0.25, -0.2) is 4.85 Å². The number of hydrogen-bond donors (Lipinski definition) is 0. The summed E-state index contributed by atoms with van der Waals surface area (Å²) in [5.41, 5.74) is 10.8. The molecule has 2 heterocycles. The quantitative estimate of drug-likeness (QED) is 0.104. The van der Waals surface area contributed by atoms with Crippen molar-refractivity contribution in [1.82, 2.24) is 9.55 Å². The largest absolute Gasteiger partial charge is 0.309 e. The van der Waals surface area contributed by atoms with E-state index in [-0.39, 0.29) is 0 Å². The van der Waals surface area contributed by atoms with Gasteiger partial charge in [-0.15, -0.1) is 0 Å². The Kier molecular flexibility index (Phi) is 6.32. The molecule has 3 heteroatoms. The Hall–Kier alpha value is -7.28. The van der Waals surface area contributed by atoms with Gasteiger partial charge in [0.15, 0.2) is 5.69 Å². The highest BCUT2D eigenvalue weighted by molar-refractivity contribution is 6.28. The van der Waals surface area contributed by atoms with Gasteiger partial charge in [0.2, 0.25) is 0 Å². The van der Waals surface area contributed by atoms with Crippen LogP contribution in [0.5, 0.6) is 0 Å². The third-order valence-corrected chi connectivity index (χ3v) is 11.0. The molecule has 0 N–H and O–H groups in total. The topological polar surface area (TPSA) is 22.2 Å². The van der Waals surface area contributed by atoms with Crippen LogP contribution in [0.25, 0.3) is 109 Å². The molecule has 0 aliphatic rings. The first-order valence-corrected chi connectivity index (χ1v) is 17.9. The number of hydrogen-bond acceptors (Lipinski definition) is 1. The maximum Gasteiger partial charge on any atom is 0.195 e. The van der Waals surface area contributed by atoms with Gasteiger partial charge in [0.1, 0.15) is 0 Å². The van der Waals surface area contributed by atoms with Crippen molar-refractivity contribution in [3.8, 4) is 39.2 Å². The molecule has 53 heavy (non-hydrogen) atoms. The summed E-state index contributed by atoms with van der Waals surface area (Å²) < 4.78 is 2.32. The standard InChI is InChI=1S/C50H29N3/c1-51-43-27-29-46-50-42(43)24-23-41-35(25-28-45(49(41)50)53(46)33-14-3-2-4-15-33)44-26-22-32(30-52-44)47-37-17-7-9-19-39(37)48(40-20-10-8-18-38(40)47)36-21-11-13-31-12-5-6-16-34(31)36/h2-30H. The molecular weight excluding hydrogens is 643 g/mol. The first-order chi connectivity index (χ1) is 26.3. The van der Waals surface area contributed by atoms with Crippen molar-refractivity contribution < 1.29 is 0 Å². The summed E-state index contributed by atoms with van der Waals surface area (Å²) in [4.78, 5) is 9.07. The molecule has 0 aliphatic heterocycles. The number of benzene rings is 9. The molecule has 9 aromatic carbocycles. The number of aromatic nitrogens is 2. The van der Waals surface area contributed by atoms with E-state index in [0.29, 0.717) is 5.69 Å². The second-order valence-corrected chi connectivity index (χ2v) is 13.7. The van der Waals surface area contributed by atoms with Gasteiger partial charge in [-0.1, -0.05) is 140 Å². The van der Waals surface area contributed by atoms with Gasteiger partial charge >= 0.3 is 0 Å². The number of rotatable bonds is 4. The average molecular weight is 672 g/mol. The Morgan fingerprint density at radius 1 is 0.434 bits per heavy atom. The number of fused-ring (bicyclic) bond motifs is 3. The first-order valence-electron chi connectivity index (χ1n) is 17.9. The fourth-order valence-electron chi connectivity index (χ4n) is 8.79. The molecule has 0 amide bonds. The van der Waals surface area contributed by atoms with E-state index in [2.05, 4.69) is 167 Å². The highest BCUT2D eigenvalue weighted by Gasteiger charge is 2.22. The summed E-state index contributed by atoms with van der Waals surface area (Å²) >= 11 is 0. The fraction of sp³-hybridized carbons (Fsp3) is 0. The molecule has 0 radical (unpaired) electrons. The molecule has 0 unspecified atom stereocenters. The minimum absolute atomic E-state index is 0.672. The van der Waals surface area contributed by atoms with E-state index < -0.39 is 0 Å². The molecule has 0 saturated heterocycles. The van der Waals surface area contributed by atoms with Crippen molar-refractivity contribution in [3.05, 3.63) is 187 Å². The van der Waals surface area contributed by atoms with Crippen molar-refractivity contribution in [2.75, 3.05) is 0 Å². The van der Waals surface area contributed by atoms with Gasteiger partial charge in [-0.05, 0) is 90.1 Å². The van der Waals surface area contributed by atoms with Crippen LogP contribution in [0.1, 0.15) is 0 Å². The lowest BCUT2D eigenvalue weighted by molar-refractivity contribution is 1.18. The molecule has 0 fully saturated rings. The van der Waals surface area contributed by atoms with Crippen molar-refractivity contribution in [2.24, 2.45) is 0 Å². The summed E-state index contributed by atoms with van der Waals surface area (Å²) in [5.74, 6) is 0. The molecular formula is C50H29N3. The monoisotopic (exact) mass is 671 g/mol. The predicted octanol–water partition coefficient (Wildman–Crippen LogP) is 13.8. The molecule has 0 bridgehead atoms. The summed E-state index contributed by atoms with van der Waals surface area (Å²) in [6, 6.07) is 60.5. The summed E-state index contributed by atoms with van der Waals surface area (Å²) in [6.45, 7) is 7.89. The van der Waals surface area contributed by atoms with E-state index in [0.717, 1.165) is 55.1 Å². The van der Waals surface area contributed by atoms with E-state index in [4.69, 9.17) is 11.6 Å². The van der Waals surface area contributed by atoms with Crippen LogP contribution < -0.4 is 0 Å². The van der Waals surface area contributed by atoms with E-state index in [9.17, 15) is 0 Å². The number of para-hydroxylation sites is 1. The zero-order valence-corrected chi connectivity index (χ0v) is 28.6. The second-order valence-electron chi connectivity index (χ2n) is 13.7. The van der Waals surface area contributed by atoms with Gasteiger partial charge in [-0.3, -0.25) is 4.98 Å². The Bertz CT molecular complexity index is 3210. The van der Waals surface area contributed by atoms with E-state index in [1.807, 2.05) is 18.3 Å². The molecule has 244 valence electrons. The Morgan fingerprint density at radius 3 is 1.74 bits per heavy atom. The van der Waals surface area contributed by atoms with Crippen LogP contribution in [0.3, 0.4) is 0 Å². The maximum atomic E-state index is 7.89. The molecule has 0 spiro atoms. The molecule has 3 nitrogen and oxygen atoms in total. The molecule has 0 saturated carbocycles. The molecule has 2 aromatic heterocycles. The lowest BCUT2D eigenvalue weighted by Crippen LogP contribution is -1.93. The summed E-state index contributed by atoms with van der Waals surface area (Å²) in [5, 5.41) is 11.8. The van der Waals surface area contributed by atoms with Crippen LogP contribution in [0, 0.1) is 6.57 Å². The number of nitrogens with zero attached hydrogens (tertiary/aromatic N) is 3. The van der Waals surface area contributed by atoms with Crippen LogP contribution >= 0.6 is 0 Å². The van der Waals surface area contributed by atoms with Crippen LogP contribution in [-0.2, 0) is 0 Å². The smallest absolute Gasteiger partial charge is 0.195 e. The normalized spacial score (nSPS) is 11.8. The van der Waals surface area contributed by atoms with Crippen LogP contribution in [-0.4, -0.2) is 9.55 Å². The molecule has 0 atom stereocenters. The first kappa shape index (κ1) is 29.5. The fourth-order valence-corrected chi connectivity index (χ4v) is 8.79. The van der Waals surface area contributed by atoms with Crippen LogP contribution in [0.15, 0.2) is 176 Å². The van der Waals surface area contributed by atoms with Gasteiger partial charge < -0.3 is 4.57 Å². The van der Waals surface area contributed by atoms with Crippen LogP contribution in [0.2, 0.25) is 0 Å². The lowest BCUT2D eigenvalue weighted by atomic mass is 9.85. The average Bonchev–Trinajstić information content (AvgIpc) is 3.57. The van der Waals surface area contributed by atoms with Crippen molar-refractivity contribution in [3.63, 3.8) is 0 Å². The molecule has 11 aromatic rings. The third kappa shape index (κ3) is 4.24. The van der Waals surface area contributed by atoms with Crippen molar-refractivity contribution >= 4 is 70.6 Å².